The van der Waals surface area contributed by atoms with Gasteiger partial charge in [0, 0.05) is 25.4 Å². The average Bonchev–Trinajstić information content (AvgIpc) is 2.41. The number of rotatable bonds is 6. The molecule has 0 saturated heterocycles. The Bertz CT molecular complexity index is 602. The lowest BCUT2D eigenvalue weighted by atomic mass is 10.1. The molecule has 21 heavy (non-hydrogen) atoms. The predicted octanol–water partition coefficient (Wildman–Crippen LogP) is 3.60. The van der Waals surface area contributed by atoms with Gasteiger partial charge in [0.15, 0.2) is 0 Å². The Morgan fingerprint density at radius 1 is 1.14 bits per heavy atom. The number of anilines is 2. The first-order valence-corrected chi connectivity index (χ1v) is 7.33. The molecule has 2 aromatic rings. The average molecular weight is 357 g/mol. The zero-order valence-electron chi connectivity index (χ0n) is 11.5. The molecule has 1 aromatic carbocycles. The molecule has 0 radical (unpaired) electrons. The number of aromatic nitrogens is 2. The summed E-state index contributed by atoms with van der Waals surface area (Å²) >= 11 is 3.36. The fraction of sp³-hybridized carbons (Fsp3) is 0.286. The van der Waals surface area contributed by atoms with Crippen LogP contribution < -0.4 is 10.6 Å². The Kier molecular flexibility index (Phi) is 5.44. The molecule has 7 heteroatoms. The first-order valence-electron chi connectivity index (χ1n) is 6.53. The van der Waals surface area contributed by atoms with Gasteiger partial charge in [-0.15, -0.1) is 0 Å². The molecule has 0 unspecified atom stereocenters. The van der Waals surface area contributed by atoms with E-state index in [1.807, 2.05) is 6.92 Å². The zero-order valence-corrected chi connectivity index (χ0v) is 13.0. The molecule has 0 aliphatic heterocycles. The molecule has 1 aromatic heterocycles. The van der Waals surface area contributed by atoms with Gasteiger partial charge in [-0.05, 0) is 47.0 Å². The monoisotopic (exact) mass is 356 g/mol. The van der Waals surface area contributed by atoms with Crippen LogP contribution in [0, 0.1) is 11.6 Å². The predicted molar refractivity (Wildman–Crippen MR) is 82.4 cm³/mol. The van der Waals surface area contributed by atoms with Crippen LogP contribution in [-0.2, 0) is 6.42 Å². The van der Waals surface area contributed by atoms with Crippen molar-refractivity contribution in [3.05, 3.63) is 46.1 Å². The summed E-state index contributed by atoms with van der Waals surface area (Å²) in [4.78, 5) is 8.41. The third-order valence-corrected chi connectivity index (χ3v) is 3.29. The number of hydrogen-bond acceptors (Lipinski definition) is 4. The third-order valence-electron chi connectivity index (χ3n) is 2.71. The maximum absolute atomic E-state index is 13.1. The second-order valence-electron chi connectivity index (χ2n) is 4.37. The minimum atomic E-state index is -0.567. The van der Waals surface area contributed by atoms with Crippen LogP contribution in [0.1, 0.15) is 12.5 Å². The van der Waals surface area contributed by atoms with Crippen molar-refractivity contribution in [3.63, 3.8) is 0 Å². The molecular weight excluding hydrogens is 342 g/mol. The van der Waals surface area contributed by atoms with Gasteiger partial charge >= 0.3 is 0 Å². The van der Waals surface area contributed by atoms with Gasteiger partial charge in [-0.1, -0.05) is 0 Å². The van der Waals surface area contributed by atoms with Gasteiger partial charge in [-0.3, -0.25) is 0 Å². The van der Waals surface area contributed by atoms with Crippen molar-refractivity contribution < 1.29 is 8.78 Å². The van der Waals surface area contributed by atoms with Crippen LogP contribution in [0.3, 0.4) is 0 Å². The van der Waals surface area contributed by atoms with Gasteiger partial charge in [0.05, 0.1) is 4.47 Å². The summed E-state index contributed by atoms with van der Waals surface area (Å²) in [7, 11) is 0. The van der Waals surface area contributed by atoms with Gasteiger partial charge in [0.2, 0.25) is 5.95 Å². The molecule has 0 aliphatic rings. The maximum Gasteiger partial charge on any atom is 0.224 e. The summed E-state index contributed by atoms with van der Waals surface area (Å²) < 4.78 is 26.9. The second-order valence-corrected chi connectivity index (χ2v) is 5.23. The van der Waals surface area contributed by atoms with Gasteiger partial charge in [0.1, 0.15) is 17.5 Å². The highest BCUT2D eigenvalue weighted by Crippen LogP contribution is 2.20. The Morgan fingerprint density at radius 3 is 2.52 bits per heavy atom. The van der Waals surface area contributed by atoms with E-state index in [9.17, 15) is 8.78 Å². The smallest absolute Gasteiger partial charge is 0.224 e. The van der Waals surface area contributed by atoms with Crippen LogP contribution in [0.25, 0.3) is 0 Å². The van der Waals surface area contributed by atoms with Crippen molar-refractivity contribution in [2.24, 2.45) is 0 Å². The van der Waals surface area contributed by atoms with Crippen molar-refractivity contribution >= 4 is 27.7 Å². The van der Waals surface area contributed by atoms with E-state index in [4.69, 9.17) is 0 Å². The van der Waals surface area contributed by atoms with E-state index in [-0.39, 0.29) is 0 Å². The number of hydrogen-bond donors (Lipinski definition) is 2. The first kappa shape index (κ1) is 15.6. The molecule has 0 aliphatic carbocycles. The quantitative estimate of drug-likeness (QED) is 0.830. The normalized spacial score (nSPS) is 10.5. The highest BCUT2D eigenvalue weighted by molar-refractivity contribution is 9.10. The van der Waals surface area contributed by atoms with E-state index in [1.165, 1.54) is 12.1 Å². The third kappa shape index (κ3) is 4.63. The van der Waals surface area contributed by atoms with E-state index >= 15 is 0 Å². The van der Waals surface area contributed by atoms with Crippen LogP contribution in [-0.4, -0.2) is 23.1 Å². The van der Waals surface area contributed by atoms with Crippen molar-refractivity contribution in [2.45, 2.75) is 13.3 Å². The van der Waals surface area contributed by atoms with Crippen molar-refractivity contribution in [2.75, 3.05) is 23.7 Å². The largest absolute Gasteiger partial charge is 0.369 e. The molecule has 2 rings (SSSR count). The number of benzene rings is 1. The SMILES string of the molecule is CCNc1ncc(Br)c(NCCc2cc(F)cc(F)c2)n1. The van der Waals surface area contributed by atoms with E-state index in [0.29, 0.717) is 30.3 Å². The lowest BCUT2D eigenvalue weighted by molar-refractivity contribution is 0.580. The summed E-state index contributed by atoms with van der Waals surface area (Å²) in [6.45, 7) is 3.19. The van der Waals surface area contributed by atoms with Gasteiger partial charge < -0.3 is 10.6 Å². The minimum absolute atomic E-state index is 0.488. The Hall–Kier alpha value is -1.76. The Balaban J connectivity index is 1.98. The summed E-state index contributed by atoms with van der Waals surface area (Å²) in [6, 6.07) is 3.51. The highest BCUT2D eigenvalue weighted by atomic mass is 79.9. The summed E-state index contributed by atoms with van der Waals surface area (Å²) in [5.41, 5.74) is 0.595. The maximum atomic E-state index is 13.1. The second kappa shape index (κ2) is 7.31. The van der Waals surface area contributed by atoms with Crippen LogP contribution in [0.2, 0.25) is 0 Å². The molecule has 0 saturated carbocycles. The highest BCUT2D eigenvalue weighted by Gasteiger charge is 2.05. The molecule has 1 heterocycles. The van der Waals surface area contributed by atoms with Crippen molar-refractivity contribution in [3.8, 4) is 0 Å². The molecule has 0 fully saturated rings. The Morgan fingerprint density at radius 2 is 1.86 bits per heavy atom. The fourth-order valence-corrected chi connectivity index (χ4v) is 2.15. The fourth-order valence-electron chi connectivity index (χ4n) is 1.81. The number of halogens is 3. The lowest BCUT2D eigenvalue weighted by Gasteiger charge is -2.09. The molecule has 0 bridgehead atoms. The van der Waals surface area contributed by atoms with E-state index in [1.54, 1.807) is 6.20 Å². The van der Waals surface area contributed by atoms with E-state index < -0.39 is 11.6 Å². The van der Waals surface area contributed by atoms with Crippen LogP contribution >= 0.6 is 15.9 Å². The molecule has 2 N–H and O–H groups in total. The van der Waals surface area contributed by atoms with Crippen LogP contribution in [0.15, 0.2) is 28.9 Å². The van der Waals surface area contributed by atoms with E-state index in [0.717, 1.165) is 17.1 Å². The summed E-state index contributed by atoms with van der Waals surface area (Å²) in [6.07, 6.45) is 2.14. The van der Waals surface area contributed by atoms with E-state index in [2.05, 4.69) is 36.5 Å². The van der Waals surface area contributed by atoms with Gasteiger partial charge in [0.25, 0.3) is 0 Å². The topological polar surface area (TPSA) is 49.8 Å². The molecule has 112 valence electrons. The molecular formula is C14H15BrF2N4. The molecule has 0 amide bonds. The standard InChI is InChI=1S/C14H15BrF2N4/c1-2-18-14-20-8-12(15)13(21-14)19-4-3-9-5-10(16)7-11(17)6-9/h5-8H,2-4H2,1H3,(H2,18,19,20,21). The molecule has 4 nitrogen and oxygen atoms in total. The van der Waals surface area contributed by atoms with Gasteiger partial charge in [-0.2, -0.15) is 4.98 Å². The van der Waals surface area contributed by atoms with Crippen LogP contribution in [0.4, 0.5) is 20.5 Å². The Labute approximate surface area is 130 Å². The summed E-state index contributed by atoms with van der Waals surface area (Å²) in [5.74, 6) is 0.0307. The van der Waals surface area contributed by atoms with Gasteiger partial charge in [-0.25, -0.2) is 13.8 Å². The minimum Gasteiger partial charge on any atom is -0.369 e. The lowest BCUT2D eigenvalue weighted by Crippen LogP contribution is -2.10. The summed E-state index contributed by atoms with van der Waals surface area (Å²) in [5, 5.41) is 6.13. The zero-order chi connectivity index (χ0) is 15.2. The molecule has 0 spiro atoms. The molecule has 0 atom stereocenters. The van der Waals surface area contributed by atoms with Crippen molar-refractivity contribution in [1.82, 2.24) is 9.97 Å². The van der Waals surface area contributed by atoms with Crippen molar-refractivity contribution in [1.29, 1.82) is 0 Å². The number of nitrogens with one attached hydrogen (secondary N) is 2. The van der Waals surface area contributed by atoms with Crippen LogP contribution in [0.5, 0.6) is 0 Å². The number of nitrogens with zero attached hydrogens (tertiary/aromatic N) is 2. The first-order chi connectivity index (χ1) is 10.1.